The molecule has 0 aromatic carbocycles. The Bertz CT molecular complexity index is 364. The summed E-state index contributed by atoms with van der Waals surface area (Å²) in [6.07, 6.45) is 0.814. The average Bonchev–Trinajstić information content (AvgIpc) is 2.40. The van der Waals surface area contributed by atoms with Crippen molar-refractivity contribution in [3.63, 3.8) is 0 Å². The van der Waals surface area contributed by atoms with Crippen molar-refractivity contribution in [2.24, 2.45) is 0 Å². The molecule has 0 aromatic rings. The summed E-state index contributed by atoms with van der Waals surface area (Å²) in [6.45, 7) is 6.43. The standard InChI is InChI=1S/C13H19ClO6/c1-4-10(15)18-7-8-19-11(16)5-6-12(17)20-13(2,3)9-14/h4H,1,5-9H2,2-3H3. The zero-order chi connectivity index (χ0) is 15.6. The Kier molecular flexibility index (Phi) is 8.63. The molecule has 20 heavy (non-hydrogen) atoms. The number of rotatable bonds is 9. The molecular formula is C13H19ClO6. The summed E-state index contributed by atoms with van der Waals surface area (Å²) < 4.78 is 14.4. The van der Waals surface area contributed by atoms with Crippen molar-refractivity contribution in [3.8, 4) is 0 Å². The van der Waals surface area contributed by atoms with Crippen LogP contribution >= 0.6 is 11.6 Å². The van der Waals surface area contributed by atoms with Gasteiger partial charge in [-0.25, -0.2) is 4.79 Å². The van der Waals surface area contributed by atoms with E-state index in [9.17, 15) is 14.4 Å². The number of carbonyl (C=O) groups is 3. The van der Waals surface area contributed by atoms with Gasteiger partial charge in [-0.2, -0.15) is 0 Å². The maximum absolute atomic E-state index is 11.4. The van der Waals surface area contributed by atoms with E-state index in [4.69, 9.17) is 21.1 Å². The normalized spacial score (nSPS) is 10.6. The van der Waals surface area contributed by atoms with Crippen LogP contribution in [-0.2, 0) is 28.6 Å². The van der Waals surface area contributed by atoms with E-state index in [0.717, 1.165) is 6.08 Å². The Hall–Kier alpha value is -1.56. The van der Waals surface area contributed by atoms with Crippen molar-refractivity contribution >= 4 is 29.5 Å². The van der Waals surface area contributed by atoms with Crippen molar-refractivity contribution in [1.29, 1.82) is 0 Å². The van der Waals surface area contributed by atoms with Crippen LogP contribution in [0.1, 0.15) is 26.7 Å². The monoisotopic (exact) mass is 306 g/mol. The fourth-order valence-electron chi connectivity index (χ4n) is 1.02. The molecule has 0 atom stereocenters. The van der Waals surface area contributed by atoms with Crippen LogP contribution in [0.3, 0.4) is 0 Å². The van der Waals surface area contributed by atoms with Crippen molar-refractivity contribution in [3.05, 3.63) is 12.7 Å². The predicted molar refractivity (Wildman–Crippen MR) is 72.2 cm³/mol. The number of hydrogen-bond donors (Lipinski definition) is 0. The Balaban J connectivity index is 3.75. The van der Waals surface area contributed by atoms with Gasteiger partial charge in [0, 0.05) is 6.08 Å². The molecule has 0 unspecified atom stereocenters. The lowest BCUT2D eigenvalue weighted by Crippen LogP contribution is -2.30. The highest BCUT2D eigenvalue weighted by Crippen LogP contribution is 2.12. The number of hydrogen-bond acceptors (Lipinski definition) is 6. The van der Waals surface area contributed by atoms with E-state index in [1.54, 1.807) is 13.8 Å². The lowest BCUT2D eigenvalue weighted by Gasteiger charge is -2.21. The van der Waals surface area contributed by atoms with Gasteiger partial charge in [-0.05, 0) is 13.8 Å². The van der Waals surface area contributed by atoms with Crippen LogP contribution in [0.5, 0.6) is 0 Å². The number of esters is 3. The van der Waals surface area contributed by atoms with Crippen molar-refractivity contribution in [1.82, 2.24) is 0 Å². The van der Waals surface area contributed by atoms with Gasteiger partial charge in [-0.1, -0.05) is 6.58 Å². The van der Waals surface area contributed by atoms with Crippen LogP contribution in [0.25, 0.3) is 0 Å². The van der Waals surface area contributed by atoms with Gasteiger partial charge in [0.15, 0.2) is 0 Å². The van der Waals surface area contributed by atoms with Crippen LogP contribution in [-0.4, -0.2) is 42.6 Å². The topological polar surface area (TPSA) is 78.9 Å². The number of halogens is 1. The zero-order valence-corrected chi connectivity index (χ0v) is 12.4. The molecular weight excluding hydrogens is 288 g/mol. The van der Waals surface area contributed by atoms with E-state index in [1.807, 2.05) is 0 Å². The van der Waals surface area contributed by atoms with Crippen LogP contribution in [0.15, 0.2) is 12.7 Å². The molecule has 0 saturated heterocycles. The van der Waals surface area contributed by atoms with Gasteiger partial charge in [0.1, 0.15) is 18.8 Å². The van der Waals surface area contributed by atoms with Crippen molar-refractivity contribution in [2.45, 2.75) is 32.3 Å². The number of carbonyl (C=O) groups excluding carboxylic acids is 3. The zero-order valence-electron chi connectivity index (χ0n) is 11.6. The molecule has 7 heteroatoms. The quantitative estimate of drug-likeness (QED) is 0.212. The molecule has 0 saturated carbocycles. The van der Waals surface area contributed by atoms with Gasteiger partial charge in [-0.15, -0.1) is 11.6 Å². The summed E-state index contributed by atoms with van der Waals surface area (Å²) in [7, 11) is 0. The lowest BCUT2D eigenvalue weighted by molar-refractivity contribution is -0.158. The smallest absolute Gasteiger partial charge is 0.330 e. The predicted octanol–water partition coefficient (Wildman–Crippen LogP) is 1.60. The Morgan fingerprint density at radius 1 is 1.10 bits per heavy atom. The molecule has 0 aliphatic heterocycles. The van der Waals surface area contributed by atoms with Gasteiger partial charge in [-0.3, -0.25) is 9.59 Å². The molecule has 0 heterocycles. The van der Waals surface area contributed by atoms with Crippen LogP contribution in [0, 0.1) is 0 Å². The molecule has 0 aromatic heterocycles. The second-order valence-electron chi connectivity index (χ2n) is 4.46. The maximum atomic E-state index is 11.4. The van der Waals surface area contributed by atoms with Crippen LogP contribution in [0.4, 0.5) is 0 Å². The van der Waals surface area contributed by atoms with Gasteiger partial charge in [0.25, 0.3) is 0 Å². The van der Waals surface area contributed by atoms with Gasteiger partial charge in [0.2, 0.25) is 0 Å². The molecule has 114 valence electrons. The minimum absolute atomic E-state index is 0.0552. The van der Waals surface area contributed by atoms with E-state index < -0.39 is 23.5 Å². The molecule has 0 amide bonds. The number of alkyl halides is 1. The van der Waals surface area contributed by atoms with Gasteiger partial charge >= 0.3 is 17.9 Å². The summed E-state index contributed by atoms with van der Waals surface area (Å²) in [5.41, 5.74) is -0.762. The SMILES string of the molecule is C=CC(=O)OCCOC(=O)CCC(=O)OC(C)(C)CCl. The fourth-order valence-corrected chi connectivity index (χ4v) is 1.07. The van der Waals surface area contributed by atoms with Crippen molar-refractivity contribution < 1.29 is 28.6 Å². The second-order valence-corrected chi connectivity index (χ2v) is 4.73. The molecule has 6 nitrogen and oxygen atoms in total. The molecule has 0 N–H and O–H groups in total. The van der Waals surface area contributed by atoms with Crippen LogP contribution < -0.4 is 0 Å². The molecule has 0 aliphatic carbocycles. The van der Waals surface area contributed by atoms with Crippen molar-refractivity contribution in [2.75, 3.05) is 19.1 Å². The highest BCUT2D eigenvalue weighted by atomic mass is 35.5. The first kappa shape index (κ1) is 18.4. The van der Waals surface area contributed by atoms with Crippen LogP contribution in [0.2, 0.25) is 0 Å². The average molecular weight is 307 g/mol. The summed E-state index contributed by atoms with van der Waals surface area (Å²) in [5, 5.41) is 0. The Labute approximate surface area is 123 Å². The minimum Gasteiger partial charge on any atom is -0.462 e. The van der Waals surface area contributed by atoms with E-state index in [2.05, 4.69) is 11.3 Å². The molecule has 0 aliphatic rings. The summed E-state index contributed by atoms with van der Waals surface area (Å²) in [6, 6.07) is 0. The minimum atomic E-state index is -0.762. The van der Waals surface area contributed by atoms with Gasteiger partial charge in [0.05, 0.1) is 18.7 Å². The summed E-state index contributed by atoms with van der Waals surface area (Å²) in [5.74, 6) is -1.52. The van der Waals surface area contributed by atoms with E-state index in [0.29, 0.717) is 0 Å². The molecule has 0 fully saturated rings. The van der Waals surface area contributed by atoms with E-state index in [-0.39, 0.29) is 31.9 Å². The number of ether oxygens (including phenoxy) is 3. The molecule has 0 radical (unpaired) electrons. The lowest BCUT2D eigenvalue weighted by atomic mass is 10.2. The Morgan fingerprint density at radius 3 is 2.20 bits per heavy atom. The fraction of sp³-hybridized carbons (Fsp3) is 0.615. The molecule has 0 spiro atoms. The van der Waals surface area contributed by atoms with Gasteiger partial charge < -0.3 is 14.2 Å². The van der Waals surface area contributed by atoms with E-state index in [1.165, 1.54) is 0 Å². The molecule has 0 bridgehead atoms. The first-order valence-electron chi connectivity index (χ1n) is 6.03. The third kappa shape index (κ3) is 9.38. The first-order chi connectivity index (χ1) is 9.30. The maximum Gasteiger partial charge on any atom is 0.330 e. The Morgan fingerprint density at radius 2 is 1.65 bits per heavy atom. The summed E-state index contributed by atoms with van der Waals surface area (Å²) in [4.78, 5) is 33.4. The summed E-state index contributed by atoms with van der Waals surface area (Å²) >= 11 is 5.60. The highest BCUT2D eigenvalue weighted by Gasteiger charge is 2.22. The third-order valence-electron chi connectivity index (χ3n) is 2.00. The third-order valence-corrected chi connectivity index (χ3v) is 2.65. The highest BCUT2D eigenvalue weighted by molar-refractivity contribution is 6.18. The largest absolute Gasteiger partial charge is 0.462 e. The van der Waals surface area contributed by atoms with E-state index >= 15 is 0 Å². The first-order valence-corrected chi connectivity index (χ1v) is 6.57. The second kappa shape index (κ2) is 9.36. The molecule has 0 rings (SSSR count).